The lowest BCUT2D eigenvalue weighted by atomic mass is 10.2. The van der Waals surface area contributed by atoms with E-state index in [1.807, 2.05) is 0 Å². The van der Waals surface area contributed by atoms with Gasteiger partial charge in [0, 0.05) is 0 Å². The third-order valence-electron chi connectivity index (χ3n) is 2.50. The number of carboxylic acids is 1. The summed E-state index contributed by atoms with van der Waals surface area (Å²) < 4.78 is 18.4. The summed E-state index contributed by atoms with van der Waals surface area (Å²) in [6.45, 7) is 0.115. The molecule has 2 rings (SSSR count). The van der Waals surface area contributed by atoms with Gasteiger partial charge in [0.2, 0.25) is 0 Å². The lowest BCUT2D eigenvalue weighted by molar-refractivity contribution is 0.0692. The maximum absolute atomic E-state index is 13.0. The van der Waals surface area contributed by atoms with Crippen LogP contribution in [0.15, 0.2) is 42.5 Å². The third kappa shape index (κ3) is 3.23. The molecule has 0 saturated carbocycles. The van der Waals surface area contributed by atoms with Crippen LogP contribution in [0.1, 0.15) is 15.9 Å². The van der Waals surface area contributed by atoms with Gasteiger partial charge in [-0.05, 0) is 29.8 Å². The van der Waals surface area contributed by atoms with Gasteiger partial charge in [-0.3, -0.25) is 0 Å². The molecule has 0 amide bonds. The van der Waals surface area contributed by atoms with Crippen LogP contribution in [0.4, 0.5) is 4.39 Å². The maximum atomic E-state index is 13.0. The summed E-state index contributed by atoms with van der Waals surface area (Å²) in [5, 5.41) is 9.00. The molecule has 0 saturated heterocycles. The highest BCUT2D eigenvalue weighted by Gasteiger charge is 2.10. The van der Waals surface area contributed by atoms with Gasteiger partial charge in [-0.2, -0.15) is 0 Å². The van der Waals surface area contributed by atoms with Crippen molar-refractivity contribution in [2.75, 3.05) is 0 Å². The minimum Gasteiger partial charge on any atom is -0.488 e. The molecule has 0 aromatic heterocycles. The number of para-hydroxylation sites is 1. The molecule has 1 N–H and O–H groups in total. The van der Waals surface area contributed by atoms with Gasteiger partial charge in [0.25, 0.3) is 0 Å². The van der Waals surface area contributed by atoms with Crippen LogP contribution in [-0.4, -0.2) is 11.1 Å². The van der Waals surface area contributed by atoms with Crippen LogP contribution >= 0.6 is 11.6 Å². The molecule has 0 aliphatic rings. The van der Waals surface area contributed by atoms with Crippen molar-refractivity contribution < 1.29 is 19.0 Å². The predicted molar refractivity (Wildman–Crippen MR) is 69.1 cm³/mol. The highest BCUT2D eigenvalue weighted by atomic mass is 35.5. The van der Waals surface area contributed by atoms with Crippen LogP contribution in [0.5, 0.6) is 5.75 Å². The molecular weight excluding hydrogens is 271 g/mol. The molecule has 5 heteroatoms. The smallest absolute Gasteiger partial charge is 0.339 e. The Morgan fingerprint density at radius 1 is 1.26 bits per heavy atom. The summed E-state index contributed by atoms with van der Waals surface area (Å²) in [7, 11) is 0. The van der Waals surface area contributed by atoms with Crippen LogP contribution in [0, 0.1) is 5.82 Å². The van der Waals surface area contributed by atoms with Crippen LogP contribution < -0.4 is 4.74 Å². The fourth-order valence-corrected chi connectivity index (χ4v) is 1.76. The molecule has 0 bridgehead atoms. The largest absolute Gasteiger partial charge is 0.488 e. The highest BCUT2D eigenvalue weighted by molar-refractivity contribution is 6.30. The molecule has 3 nitrogen and oxygen atoms in total. The van der Waals surface area contributed by atoms with Gasteiger partial charge in [-0.25, -0.2) is 9.18 Å². The number of hydrogen-bond donors (Lipinski definition) is 1. The zero-order valence-electron chi connectivity index (χ0n) is 9.77. The molecule has 0 heterocycles. The Morgan fingerprint density at radius 3 is 2.68 bits per heavy atom. The molecule has 0 aliphatic carbocycles. The van der Waals surface area contributed by atoms with Crippen LogP contribution in [0.25, 0.3) is 0 Å². The van der Waals surface area contributed by atoms with E-state index in [0.29, 0.717) is 5.56 Å². The SMILES string of the molecule is O=C(O)c1ccccc1OCc1ccc(F)c(Cl)c1. The number of rotatable bonds is 4. The van der Waals surface area contributed by atoms with Crippen molar-refractivity contribution in [3.05, 3.63) is 64.4 Å². The Balaban J connectivity index is 2.14. The number of benzene rings is 2. The van der Waals surface area contributed by atoms with E-state index in [4.69, 9.17) is 21.4 Å². The molecule has 0 fully saturated rings. The Bertz CT molecular complexity index is 613. The first-order valence-electron chi connectivity index (χ1n) is 5.47. The number of carboxylic acid groups (broad SMARTS) is 1. The number of aromatic carboxylic acids is 1. The van der Waals surface area contributed by atoms with Crippen molar-refractivity contribution in [2.45, 2.75) is 6.61 Å². The van der Waals surface area contributed by atoms with Crippen molar-refractivity contribution in [2.24, 2.45) is 0 Å². The average molecular weight is 281 g/mol. The fourth-order valence-electron chi connectivity index (χ4n) is 1.56. The summed E-state index contributed by atoms with van der Waals surface area (Å²) in [6, 6.07) is 10.5. The van der Waals surface area contributed by atoms with Crippen molar-refractivity contribution in [3.8, 4) is 5.75 Å². The number of carbonyl (C=O) groups is 1. The van der Waals surface area contributed by atoms with E-state index in [2.05, 4.69) is 0 Å². The number of hydrogen-bond acceptors (Lipinski definition) is 2. The second kappa shape index (κ2) is 5.71. The number of halogens is 2. The molecule has 0 unspecified atom stereocenters. The van der Waals surface area contributed by atoms with Crippen molar-refractivity contribution in [1.82, 2.24) is 0 Å². The summed E-state index contributed by atoms with van der Waals surface area (Å²) in [5.74, 6) is -1.31. The zero-order valence-corrected chi connectivity index (χ0v) is 10.5. The van der Waals surface area contributed by atoms with Crippen molar-refractivity contribution in [3.63, 3.8) is 0 Å². The standard InChI is InChI=1S/C14H10ClFO3/c15-11-7-9(5-6-12(11)16)8-19-13-4-2-1-3-10(13)14(17)18/h1-7H,8H2,(H,17,18). The minimum atomic E-state index is -1.06. The van der Waals surface area contributed by atoms with E-state index >= 15 is 0 Å². The molecule has 0 aliphatic heterocycles. The molecule has 2 aromatic carbocycles. The average Bonchev–Trinajstić information content (AvgIpc) is 2.40. The van der Waals surface area contributed by atoms with Crippen molar-refractivity contribution >= 4 is 17.6 Å². The molecule has 98 valence electrons. The normalized spacial score (nSPS) is 10.2. The van der Waals surface area contributed by atoms with E-state index in [1.54, 1.807) is 18.2 Å². The fraction of sp³-hybridized carbons (Fsp3) is 0.0714. The van der Waals surface area contributed by atoms with Crippen LogP contribution in [0.2, 0.25) is 5.02 Å². The van der Waals surface area contributed by atoms with Crippen molar-refractivity contribution in [1.29, 1.82) is 0 Å². The second-order valence-electron chi connectivity index (χ2n) is 3.84. The monoisotopic (exact) mass is 280 g/mol. The van der Waals surface area contributed by atoms with E-state index in [0.717, 1.165) is 0 Å². The van der Waals surface area contributed by atoms with E-state index in [1.165, 1.54) is 24.3 Å². The zero-order chi connectivity index (χ0) is 13.8. The topological polar surface area (TPSA) is 46.5 Å². The Labute approximate surface area is 114 Å². The maximum Gasteiger partial charge on any atom is 0.339 e. The Kier molecular flexibility index (Phi) is 4.02. The Morgan fingerprint density at radius 2 is 2.00 bits per heavy atom. The first-order chi connectivity index (χ1) is 9.08. The Hall–Kier alpha value is -2.07. The lowest BCUT2D eigenvalue weighted by Crippen LogP contribution is -2.03. The van der Waals surface area contributed by atoms with Gasteiger partial charge >= 0.3 is 5.97 Å². The van der Waals surface area contributed by atoms with Crippen LogP contribution in [0.3, 0.4) is 0 Å². The van der Waals surface area contributed by atoms with Gasteiger partial charge in [-0.15, -0.1) is 0 Å². The molecular formula is C14H10ClFO3. The highest BCUT2D eigenvalue weighted by Crippen LogP contribution is 2.21. The first-order valence-corrected chi connectivity index (χ1v) is 5.85. The first kappa shape index (κ1) is 13.4. The van der Waals surface area contributed by atoms with Crippen LogP contribution in [-0.2, 0) is 6.61 Å². The quantitative estimate of drug-likeness (QED) is 0.927. The predicted octanol–water partition coefficient (Wildman–Crippen LogP) is 3.76. The minimum absolute atomic E-state index is 0.00706. The molecule has 0 atom stereocenters. The molecule has 2 aromatic rings. The van der Waals surface area contributed by atoms with Gasteiger partial charge in [-0.1, -0.05) is 29.8 Å². The number of ether oxygens (including phenoxy) is 1. The summed E-state index contributed by atoms with van der Waals surface area (Å²) in [4.78, 5) is 11.0. The molecule has 19 heavy (non-hydrogen) atoms. The van der Waals surface area contributed by atoms with Gasteiger partial charge < -0.3 is 9.84 Å². The summed E-state index contributed by atoms with van der Waals surface area (Å²) >= 11 is 5.65. The molecule has 0 radical (unpaired) electrons. The van der Waals surface area contributed by atoms with Gasteiger partial charge in [0.05, 0.1) is 5.02 Å². The third-order valence-corrected chi connectivity index (χ3v) is 2.79. The van der Waals surface area contributed by atoms with Gasteiger partial charge in [0.1, 0.15) is 23.7 Å². The summed E-state index contributed by atoms with van der Waals surface area (Å²) in [6.07, 6.45) is 0. The van der Waals surface area contributed by atoms with Gasteiger partial charge in [0.15, 0.2) is 0 Å². The summed E-state index contributed by atoms with van der Waals surface area (Å²) in [5.41, 5.74) is 0.738. The van der Waals surface area contributed by atoms with E-state index in [9.17, 15) is 9.18 Å². The molecule has 0 spiro atoms. The second-order valence-corrected chi connectivity index (χ2v) is 4.25. The van der Waals surface area contributed by atoms with E-state index in [-0.39, 0.29) is 22.9 Å². The van der Waals surface area contributed by atoms with E-state index < -0.39 is 11.8 Å². The lowest BCUT2D eigenvalue weighted by Gasteiger charge is -2.09.